The van der Waals surface area contributed by atoms with Gasteiger partial charge in [0, 0.05) is 31.7 Å². The third kappa shape index (κ3) is 3.97. The number of fused-ring (bicyclic) bond motifs is 1. The number of hydrogen-bond acceptors (Lipinski definition) is 3. The first-order valence-corrected chi connectivity index (χ1v) is 8.12. The van der Waals surface area contributed by atoms with Crippen molar-refractivity contribution < 1.29 is 4.79 Å². The Morgan fingerprint density at radius 3 is 2.65 bits per heavy atom. The van der Waals surface area contributed by atoms with Crippen LogP contribution in [-0.2, 0) is 19.6 Å². The SMILES string of the molecule is NCCCNC(=O)c1ccc2c(c1)CN(Cc1ccccc1)C2. The average Bonchev–Trinajstić information content (AvgIpc) is 2.97. The van der Waals surface area contributed by atoms with Crippen molar-refractivity contribution in [1.29, 1.82) is 0 Å². The Balaban J connectivity index is 1.63. The van der Waals surface area contributed by atoms with Gasteiger partial charge in [0.05, 0.1) is 0 Å². The summed E-state index contributed by atoms with van der Waals surface area (Å²) in [6, 6.07) is 16.5. The van der Waals surface area contributed by atoms with Gasteiger partial charge in [-0.15, -0.1) is 0 Å². The average molecular weight is 309 g/mol. The second kappa shape index (κ2) is 7.40. The zero-order valence-corrected chi connectivity index (χ0v) is 13.3. The minimum absolute atomic E-state index is 0.0113. The van der Waals surface area contributed by atoms with Crippen molar-refractivity contribution >= 4 is 5.91 Å². The molecule has 1 amide bonds. The molecule has 3 N–H and O–H groups in total. The standard InChI is InChI=1S/C19H23N3O/c20-9-4-10-21-19(23)16-7-8-17-13-22(14-18(17)11-16)12-15-5-2-1-3-6-15/h1-3,5-8,11H,4,9-10,12-14,20H2,(H,21,23). The summed E-state index contributed by atoms with van der Waals surface area (Å²) in [6.45, 7) is 4.01. The molecule has 0 aliphatic carbocycles. The van der Waals surface area contributed by atoms with Gasteiger partial charge < -0.3 is 11.1 Å². The van der Waals surface area contributed by atoms with Crippen molar-refractivity contribution in [2.45, 2.75) is 26.1 Å². The Morgan fingerprint density at radius 2 is 1.87 bits per heavy atom. The minimum atomic E-state index is -0.0113. The summed E-state index contributed by atoms with van der Waals surface area (Å²) >= 11 is 0. The summed E-state index contributed by atoms with van der Waals surface area (Å²) in [5, 5.41) is 2.91. The molecule has 120 valence electrons. The summed E-state index contributed by atoms with van der Waals surface area (Å²) in [6.07, 6.45) is 0.807. The molecule has 1 aliphatic heterocycles. The van der Waals surface area contributed by atoms with E-state index in [9.17, 15) is 4.79 Å². The van der Waals surface area contributed by atoms with Crippen LogP contribution in [0.4, 0.5) is 0 Å². The molecular weight excluding hydrogens is 286 g/mol. The molecule has 1 aliphatic rings. The van der Waals surface area contributed by atoms with Crippen LogP contribution in [0.15, 0.2) is 48.5 Å². The first-order chi connectivity index (χ1) is 11.3. The van der Waals surface area contributed by atoms with Crippen LogP contribution in [0.25, 0.3) is 0 Å². The smallest absolute Gasteiger partial charge is 0.251 e. The largest absolute Gasteiger partial charge is 0.352 e. The molecule has 4 heteroatoms. The van der Waals surface area contributed by atoms with Crippen LogP contribution >= 0.6 is 0 Å². The van der Waals surface area contributed by atoms with Crippen LogP contribution in [0.2, 0.25) is 0 Å². The van der Waals surface area contributed by atoms with Gasteiger partial charge in [-0.25, -0.2) is 0 Å². The number of amides is 1. The van der Waals surface area contributed by atoms with E-state index in [1.807, 2.05) is 18.2 Å². The van der Waals surface area contributed by atoms with Crippen LogP contribution < -0.4 is 11.1 Å². The molecule has 0 saturated heterocycles. The summed E-state index contributed by atoms with van der Waals surface area (Å²) in [5.41, 5.74) is 10.1. The van der Waals surface area contributed by atoms with Gasteiger partial charge in [0.25, 0.3) is 5.91 Å². The van der Waals surface area contributed by atoms with Gasteiger partial charge in [-0.05, 0) is 41.8 Å². The van der Waals surface area contributed by atoms with E-state index in [2.05, 4.69) is 40.5 Å². The highest BCUT2D eigenvalue weighted by Crippen LogP contribution is 2.25. The van der Waals surface area contributed by atoms with Crippen molar-refractivity contribution in [3.05, 3.63) is 70.8 Å². The quantitative estimate of drug-likeness (QED) is 0.805. The predicted molar refractivity (Wildman–Crippen MR) is 91.8 cm³/mol. The van der Waals surface area contributed by atoms with Gasteiger partial charge in [-0.2, -0.15) is 0 Å². The van der Waals surface area contributed by atoms with E-state index in [1.54, 1.807) is 0 Å². The number of carbonyl (C=O) groups excluding carboxylic acids is 1. The molecule has 0 radical (unpaired) electrons. The van der Waals surface area contributed by atoms with E-state index in [4.69, 9.17) is 5.73 Å². The Morgan fingerprint density at radius 1 is 1.09 bits per heavy atom. The van der Waals surface area contributed by atoms with E-state index in [0.29, 0.717) is 13.1 Å². The lowest BCUT2D eigenvalue weighted by Crippen LogP contribution is -2.26. The Labute approximate surface area is 137 Å². The first-order valence-electron chi connectivity index (χ1n) is 8.12. The lowest BCUT2D eigenvalue weighted by Gasteiger charge is -2.14. The molecule has 0 aromatic heterocycles. The van der Waals surface area contributed by atoms with Crippen LogP contribution in [0.1, 0.15) is 33.5 Å². The highest BCUT2D eigenvalue weighted by atomic mass is 16.1. The van der Waals surface area contributed by atoms with E-state index < -0.39 is 0 Å². The maximum absolute atomic E-state index is 12.1. The number of nitrogens with one attached hydrogen (secondary N) is 1. The second-order valence-corrected chi connectivity index (χ2v) is 6.01. The summed E-state index contributed by atoms with van der Waals surface area (Å²) < 4.78 is 0. The maximum Gasteiger partial charge on any atom is 0.251 e. The van der Waals surface area contributed by atoms with E-state index >= 15 is 0 Å². The Hall–Kier alpha value is -2.17. The third-order valence-electron chi connectivity index (χ3n) is 4.17. The zero-order chi connectivity index (χ0) is 16.1. The molecule has 3 rings (SSSR count). The van der Waals surface area contributed by atoms with Crippen LogP contribution in [0.5, 0.6) is 0 Å². The minimum Gasteiger partial charge on any atom is -0.352 e. The van der Waals surface area contributed by atoms with E-state index in [0.717, 1.165) is 31.6 Å². The second-order valence-electron chi connectivity index (χ2n) is 6.01. The van der Waals surface area contributed by atoms with Crippen molar-refractivity contribution in [2.75, 3.05) is 13.1 Å². The summed E-state index contributed by atoms with van der Waals surface area (Å²) in [5.74, 6) is -0.0113. The highest BCUT2D eigenvalue weighted by molar-refractivity contribution is 5.94. The molecule has 0 atom stereocenters. The van der Waals surface area contributed by atoms with Crippen molar-refractivity contribution in [3.8, 4) is 0 Å². The Kier molecular flexibility index (Phi) is 5.05. The van der Waals surface area contributed by atoms with Gasteiger partial charge in [-0.3, -0.25) is 9.69 Å². The fourth-order valence-electron chi connectivity index (χ4n) is 2.97. The molecule has 2 aromatic rings. The number of rotatable bonds is 6. The summed E-state index contributed by atoms with van der Waals surface area (Å²) in [4.78, 5) is 14.5. The van der Waals surface area contributed by atoms with Gasteiger partial charge in [0.1, 0.15) is 0 Å². The zero-order valence-electron chi connectivity index (χ0n) is 13.3. The van der Waals surface area contributed by atoms with Gasteiger partial charge >= 0.3 is 0 Å². The molecule has 1 heterocycles. The molecule has 23 heavy (non-hydrogen) atoms. The highest BCUT2D eigenvalue weighted by Gasteiger charge is 2.20. The molecular formula is C19H23N3O. The lowest BCUT2D eigenvalue weighted by molar-refractivity contribution is 0.0953. The number of nitrogens with two attached hydrogens (primary N) is 1. The number of carbonyl (C=O) groups is 1. The van der Waals surface area contributed by atoms with E-state index in [-0.39, 0.29) is 5.91 Å². The molecule has 2 aromatic carbocycles. The molecule has 0 unspecified atom stereocenters. The molecule has 4 nitrogen and oxygen atoms in total. The van der Waals surface area contributed by atoms with Crippen LogP contribution in [0, 0.1) is 0 Å². The van der Waals surface area contributed by atoms with E-state index in [1.165, 1.54) is 16.7 Å². The predicted octanol–water partition coefficient (Wildman–Crippen LogP) is 2.28. The molecule has 0 saturated carbocycles. The van der Waals surface area contributed by atoms with Gasteiger partial charge in [-0.1, -0.05) is 36.4 Å². The molecule has 0 bridgehead atoms. The fraction of sp³-hybridized carbons (Fsp3) is 0.316. The lowest BCUT2D eigenvalue weighted by atomic mass is 10.1. The Bertz CT molecular complexity index is 670. The normalized spacial score (nSPS) is 13.8. The van der Waals surface area contributed by atoms with Crippen molar-refractivity contribution in [2.24, 2.45) is 5.73 Å². The van der Waals surface area contributed by atoms with Gasteiger partial charge in [0.15, 0.2) is 0 Å². The third-order valence-corrected chi connectivity index (χ3v) is 4.17. The molecule has 0 fully saturated rings. The fourth-order valence-corrected chi connectivity index (χ4v) is 2.97. The topological polar surface area (TPSA) is 58.4 Å². The first kappa shape index (κ1) is 15.7. The number of benzene rings is 2. The van der Waals surface area contributed by atoms with Crippen LogP contribution in [-0.4, -0.2) is 23.9 Å². The van der Waals surface area contributed by atoms with Crippen molar-refractivity contribution in [3.63, 3.8) is 0 Å². The summed E-state index contributed by atoms with van der Waals surface area (Å²) in [7, 11) is 0. The number of hydrogen-bond donors (Lipinski definition) is 2. The monoisotopic (exact) mass is 309 g/mol. The number of nitrogens with zero attached hydrogens (tertiary/aromatic N) is 1. The molecule has 0 spiro atoms. The maximum atomic E-state index is 12.1. The van der Waals surface area contributed by atoms with Crippen LogP contribution in [0.3, 0.4) is 0 Å². The van der Waals surface area contributed by atoms with Crippen molar-refractivity contribution in [1.82, 2.24) is 10.2 Å². The van der Waals surface area contributed by atoms with Gasteiger partial charge in [0.2, 0.25) is 0 Å².